The normalized spacial score (nSPS) is 26.7. The summed E-state index contributed by atoms with van der Waals surface area (Å²) in [5, 5.41) is 0. The first-order valence-electron chi connectivity index (χ1n) is 9.17. The lowest BCUT2D eigenvalue weighted by Gasteiger charge is -2.50. The molecule has 3 aliphatic heterocycles. The molecule has 0 amide bonds. The van der Waals surface area contributed by atoms with Crippen LogP contribution < -0.4 is 4.90 Å². The van der Waals surface area contributed by atoms with Gasteiger partial charge in [-0.2, -0.15) is 0 Å². The number of nitrogens with zero attached hydrogens (tertiary/aromatic N) is 3. The zero-order chi connectivity index (χ0) is 16.2. The monoisotopic (exact) mass is 333 g/mol. The largest absolute Gasteiger partial charge is 0.381 e. The molecule has 1 aromatic heterocycles. The van der Waals surface area contributed by atoms with Crippen molar-refractivity contribution in [1.82, 2.24) is 9.97 Å². The number of anilines is 1. The van der Waals surface area contributed by atoms with Crippen LogP contribution in [0.1, 0.15) is 25.7 Å². The maximum Gasteiger partial charge on any atom is 0.225 e. The SMILES string of the molecule is c1cnc(N2CC3(C2)OCC[C@@H]3CCOCC2CCOCC2)nc1. The van der Waals surface area contributed by atoms with E-state index in [4.69, 9.17) is 14.2 Å². The Bertz CT molecular complexity index is 516. The van der Waals surface area contributed by atoms with E-state index in [0.29, 0.717) is 11.8 Å². The maximum absolute atomic E-state index is 6.12. The quantitative estimate of drug-likeness (QED) is 0.741. The number of hydrogen-bond acceptors (Lipinski definition) is 6. The Balaban J connectivity index is 1.21. The first-order chi connectivity index (χ1) is 11.9. The van der Waals surface area contributed by atoms with Crippen LogP contribution in [-0.4, -0.2) is 61.7 Å². The Hall–Kier alpha value is -1.24. The lowest BCUT2D eigenvalue weighted by Crippen LogP contribution is -2.65. The molecule has 3 aliphatic rings. The van der Waals surface area contributed by atoms with Crippen LogP contribution >= 0.6 is 0 Å². The van der Waals surface area contributed by atoms with E-state index < -0.39 is 0 Å². The van der Waals surface area contributed by atoms with Gasteiger partial charge in [0.1, 0.15) is 5.60 Å². The number of ether oxygens (including phenoxy) is 3. The minimum absolute atomic E-state index is 0.00123. The second-order valence-corrected chi connectivity index (χ2v) is 7.22. The van der Waals surface area contributed by atoms with Gasteiger partial charge in [-0.05, 0) is 43.6 Å². The van der Waals surface area contributed by atoms with Crippen LogP contribution in [0.25, 0.3) is 0 Å². The van der Waals surface area contributed by atoms with Crippen LogP contribution in [0.2, 0.25) is 0 Å². The summed E-state index contributed by atoms with van der Waals surface area (Å²) in [6.07, 6.45) is 8.11. The Labute approximate surface area is 143 Å². The smallest absolute Gasteiger partial charge is 0.225 e. The predicted molar refractivity (Wildman–Crippen MR) is 90.0 cm³/mol. The summed E-state index contributed by atoms with van der Waals surface area (Å²) in [4.78, 5) is 10.9. The van der Waals surface area contributed by atoms with Crippen LogP contribution in [0.4, 0.5) is 5.95 Å². The number of rotatable bonds is 6. The van der Waals surface area contributed by atoms with Gasteiger partial charge >= 0.3 is 0 Å². The van der Waals surface area contributed by atoms with Crippen LogP contribution in [0.3, 0.4) is 0 Å². The van der Waals surface area contributed by atoms with E-state index in [1.54, 1.807) is 12.4 Å². The molecule has 4 heterocycles. The highest BCUT2D eigenvalue weighted by Gasteiger charge is 2.53. The van der Waals surface area contributed by atoms with Gasteiger partial charge in [0, 0.05) is 45.4 Å². The van der Waals surface area contributed by atoms with Gasteiger partial charge in [0.25, 0.3) is 0 Å². The van der Waals surface area contributed by atoms with Crippen molar-refractivity contribution in [2.24, 2.45) is 11.8 Å². The molecular formula is C18H27N3O3. The summed E-state index contributed by atoms with van der Waals surface area (Å²) in [7, 11) is 0. The van der Waals surface area contributed by atoms with Crippen molar-refractivity contribution in [3.63, 3.8) is 0 Å². The summed E-state index contributed by atoms with van der Waals surface area (Å²) in [5.74, 6) is 2.09. The highest BCUT2D eigenvalue weighted by molar-refractivity contribution is 5.37. The molecule has 1 spiro atoms. The number of hydrogen-bond donors (Lipinski definition) is 0. The molecule has 0 unspecified atom stereocenters. The third kappa shape index (κ3) is 3.41. The second-order valence-electron chi connectivity index (χ2n) is 7.22. The van der Waals surface area contributed by atoms with Gasteiger partial charge < -0.3 is 19.1 Å². The van der Waals surface area contributed by atoms with Crippen LogP contribution in [-0.2, 0) is 14.2 Å². The van der Waals surface area contributed by atoms with E-state index in [0.717, 1.165) is 77.8 Å². The Morgan fingerprint density at radius 2 is 1.92 bits per heavy atom. The molecule has 0 radical (unpaired) electrons. The summed E-state index contributed by atoms with van der Waals surface area (Å²) >= 11 is 0. The third-order valence-electron chi connectivity index (χ3n) is 5.66. The molecule has 0 aromatic carbocycles. The topological polar surface area (TPSA) is 56.7 Å². The molecule has 1 atom stereocenters. The molecule has 0 saturated carbocycles. The fraction of sp³-hybridized carbons (Fsp3) is 0.778. The van der Waals surface area contributed by atoms with Crippen LogP contribution in [0.15, 0.2) is 18.5 Å². The third-order valence-corrected chi connectivity index (χ3v) is 5.66. The van der Waals surface area contributed by atoms with E-state index in [-0.39, 0.29) is 5.60 Å². The van der Waals surface area contributed by atoms with E-state index >= 15 is 0 Å². The van der Waals surface area contributed by atoms with Crippen molar-refractivity contribution >= 4 is 5.95 Å². The lowest BCUT2D eigenvalue weighted by molar-refractivity contribution is -0.0530. The zero-order valence-electron chi connectivity index (χ0n) is 14.2. The fourth-order valence-corrected chi connectivity index (χ4v) is 4.13. The van der Waals surface area contributed by atoms with Gasteiger partial charge in [0.15, 0.2) is 0 Å². The molecule has 0 aliphatic carbocycles. The van der Waals surface area contributed by atoms with Crippen LogP contribution in [0, 0.1) is 11.8 Å². The molecule has 4 rings (SSSR count). The first kappa shape index (κ1) is 16.2. The van der Waals surface area contributed by atoms with E-state index in [1.807, 2.05) is 6.07 Å². The summed E-state index contributed by atoms with van der Waals surface area (Å²) < 4.78 is 17.5. The highest BCUT2D eigenvalue weighted by Crippen LogP contribution is 2.42. The molecule has 24 heavy (non-hydrogen) atoms. The molecular weight excluding hydrogens is 306 g/mol. The molecule has 6 nitrogen and oxygen atoms in total. The second kappa shape index (κ2) is 7.33. The van der Waals surface area contributed by atoms with E-state index in [1.165, 1.54) is 0 Å². The molecule has 132 valence electrons. The summed E-state index contributed by atoms with van der Waals surface area (Å²) in [5.41, 5.74) is 0.00123. The highest BCUT2D eigenvalue weighted by atomic mass is 16.5. The van der Waals surface area contributed by atoms with Crippen molar-refractivity contribution in [3.8, 4) is 0 Å². The van der Waals surface area contributed by atoms with Gasteiger partial charge in [-0.1, -0.05) is 0 Å². The Morgan fingerprint density at radius 1 is 1.12 bits per heavy atom. The minimum Gasteiger partial charge on any atom is -0.381 e. The van der Waals surface area contributed by atoms with Gasteiger partial charge in [-0.3, -0.25) is 0 Å². The Kier molecular flexibility index (Phi) is 4.96. The van der Waals surface area contributed by atoms with Gasteiger partial charge in [-0.15, -0.1) is 0 Å². The predicted octanol–water partition coefficient (Wildman–Crippen LogP) is 1.91. The van der Waals surface area contributed by atoms with Crippen molar-refractivity contribution in [3.05, 3.63) is 18.5 Å². The summed E-state index contributed by atoms with van der Waals surface area (Å²) in [6.45, 7) is 6.19. The van der Waals surface area contributed by atoms with Gasteiger partial charge in [0.05, 0.1) is 13.1 Å². The standard InChI is InChI=1S/C18H27N3O3/c1-6-19-17(20-7-1)21-13-18(14-21)16(5-11-24-18)4-10-23-12-15-2-8-22-9-3-15/h1,6-7,15-16H,2-5,8-14H2/t16-/m0/s1. The van der Waals surface area contributed by atoms with Crippen molar-refractivity contribution in [2.45, 2.75) is 31.3 Å². The van der Waals surface area contributed by atoms with E-state index in [9.17, 15) is 0 Å². The molecule has 3 saturated heterocycles. The van der Waals surface area contributed by atoms with E-state index in [2.05, 4.69) is 14.9 Å². The number of aromatic nitrogens is 2. The lowest BCUT2D eigenvalue weighted by atomic mass is 9.79. The average molecular weight is 333 g/mol. The maximum atomic E-state index is 6.12. The molecule has 0 bridgehead atoms. The van der Waals surface area contributed by atoms with Crippen LogP contribution in [0.5, 0.6) is 0 Å². The zero-order valence-corrected chi connectivity index (χ0v) is 14.2. The minimum atomic E-state index is 0.00123. The van der Waals surface area contributed by atoms with Crippen molar-refractivity contribution in [1.29, 1.82) is 0 Å². The van der Waals surface area contributed by atoms with Gasteiger partial charge in [-0.25, -0.2) is 9.97 Å². The van der Waals surface area contributed by atoms with Crippen molar-refractivity contribution < 1.29 is 14.2 Å². The summed E-state index contributed by atoms with van der Waals surface area (Å²) in [6, 6.07) is 1.85. The first-order valence-corrected chi connectivity index (χ1v) is 9.17. The molecule has 6 heteroatoms. The van der Waals surface area contributed by atoms with Gasteiger partial charge in [0.2, 0.25) is 5.95 Å². The molecule has 1 aromatic rings. The molecule has 0 N–H and O–H groups in total. The average Bonchev–Trinajstić information content (AvgIpc) is 3.03. The Morgan fingerprint density at radius 3 is 2.71 bits per heavy atom. The van der Waals surface area contributed by atoms with Crippen molar-refractivity contribution in [2.75, 3.05) is 51.0 Å². The fourth-order valence-electron chi connectivity index (χ4n) is 4.13. The molecule has 3 fully saturated rings.